The van der Waals surface area contributed by atoms with Crippen LogP contribution in [0.4, 0.5) is 11.4 Å². The van der Waals surface area contributed by atoms with Crippen molar-refractivity contribution in [3.63, 3.8) is 0 Å². The van der Waals surface area contributed by atoms with E-state index >= 15 is 0 Å². The van der Waals surface area contributed by atoms with E-state index in [0.717, 1.165) is 28.1 Å². The zero-order chi connectivity index (χ0) is 19.5. The van der Waals surface area contributed by atoms with Crippen LogP contribution in [-0.4, -0.2) is 12.5 Å². The Morgan fingerprint density at radius 1 is 0.828 bits per heavy atom. The van der Waals surface area contributed by atoms with Crippen LogP contribution in [0.25, 0.3) is 12.2 Å². The van der Waals surface area contributed by atoms with Crippen molar-refractivity contribution in [3.8, 4) is 0 Å². The van der Waals surface area contributed by atoms with Gasteiger partial charge in [0.15, 0.2) is 0 Å². The highest BCUT2D eigenvalue weighted by molar-refractivity contribution is 6.42. The molecule has 1 heterocycles. The second-order valence-electron chi connectivity index (χ2n) is 6.53. The van der Waals surface area contributed by atoms with Crippen molar-refractivity contribution in [2.45, 2.75) is 6.54 Å². The van der Waals surface area contributed by atoms with Crippen molar-refractivity contribution in [2.75, 3.05) is 11.4 Å². The molecule has 3 aromatic carbocycles. The molecule has 0 bridgehead atoms. The summed E-state index contributed by atoms with van der Waals surface area (Å²) >= 11 is 12.0. The highest BCUT2D eigenvalue weighted by Gasteiger charge is 2.23. The third-order valence-electron chi connectivity index (χ3n) is 4.64. The first-order chi connectivity index (χ1) is 13.6. The lowest BCUT2D eigenvalue weighted by atomic mass is 10.1. The highest BCUT2D eigenvalue weighted by atomic mass is 35.5. The molecule has 0 aromatic heterocycles. The van der Waals surface area contributed by atoms with Crippen LogP contribution >= 0.6 is 35.6 Å². The molecule has 4 rings (SSSR count). The van der Waals surface area contributed by atoms with Gasteiger partial charge in [-0.1, -0.05) is 77.8 Å². The van der Waals surface area contributed by atoms with E-state index in [-0.39, 0.29) is 24.9 Å². The Morgan fingerprint density at radius 3 is 2.00 bits per heavy atom. The van der Waals surface area contributed by atoms with Gasteiger partial charge in [0.1, 0.15) is 0 Å². The molecule has 1 amide bonds. The predicted molar refractivity (Wildman–Crippen MR) is 124 cm³/mol. The largest absolute Gasteiger partial charge is 0.304 e. The number of carbonyl (C=O) groups is 1. The van der Waals surface area contributed by atoms with Gasteiger partial charge in [0.05, 0.1) is 28.0 Å². The Balaban J connectivity index is 0.00000240. The first-order valence-corrected chi connectivity index (χ1v) is 9.73. The van der Waals surface area contributed by atoms with E-state index in [2.05, 4.69) is 5.32 Å². The van der Waals surface area contributed by atoms with Gasteiger partial charge in [-0.15, -0.1) is 12.4 Å². The number of rotatable bonds is 4. The summed E-state index contributed by atoms with van der Waals surface area (Å²) in [5, 5.41) is 4.24. The lowest BCUT2D eigenvalue weighted by molar-refractivity contribution is -0.117. The minimum absolute atomic E-state index is 0. The first kappa shape index (κ1) is 21.4. The summed E-state index contributed by atoms with van der Waals surface area (Å²) < 4.78 is 0. The summed E-state index contributed by atoms with van der Waals surface area (Å²) in [5.41, 5.74) is 4.75. The summed E-state index contributed by atoms with van der Waals surface area (Å²) in [6, 6.07) is 21.3. The fourth-order valence-corrected chi connectivity index (χ4v) is 3.61. The average Bonchev–Trinajstić information content (AvgIpc) is 2.87. The lowest BCUT2D eigenvalue weighted by Gasteiger charge is -2.25. The molecule has 29 heavy (non-hydrogen) atoms. The van der Waals surface area contributed by atoms with Crippen molar-refractivity contribution in [1.29, 1.82) is 0 Å². The number of benzene rings is 3. The minimum atomic E-state index is -0.0244. The van der Waals surface area contributed by atoms with E-state index in [4.69, 9.17) is 23.2 Å². The van der Waals surface area contributed by atoms with Crippen LogP contribution < -0.4 is 10.2 Å². The average molecular weight is 446 g/mol. The lowest BCUT2D eigenvalue weighted by Crippen LogP contribution is -2.35. The molecule has 0 saturated heterocycles. The molecular formula is C23H19Cl3N2O. The number of halogens is 3. The summed E-state index contributed by atoms with van der Waals surface area (Å²) in [4.78, 5) is 15.0. The maximum atomic E-state index is 13.2. The van der Waals surface area contributed by atoms with Gasteiger partial charge in [0, 0.05) is 6.54 Å². The van der Waals surface area contributed by atoms with Crippen LogP contribution in [0.2, 0.25) is 10.0 Å². The van der Waals surface area contributed by atoms with Gasteiger partial charge in [-0.25, -0.2) is 0 Å². The van der Waals surface area contributed by atoms with Gasteiger partial charge in [-0.2, -0.15) is 0 Å². The van der Waals surface area contributed by atoms with Crippen LogP contribution in [0.5, 0.6) is 0 Å². The molecule has 0 aliphatic carbocycles. The molecule has 3 aromatic rings. The van der Waals surface area contributed by atoms with Crippen LogP contribution in [0, 0.1) is 0 Å². The van der Waals surface area contributed by atoms with Gasteiger partial charge in [0.2, 0.25) is 5.91 Å². The smallest absolute Gasteiger partial charge is 0.245 e. The standard InChI is InChI=1S/C23H18Cl2N2O.ClH/c24-19-12-9-16(13-20(19)25)14-26-15-23(28)27-21-7-3-1-5-17(21)10-11-18-6-2-4-8-22(18)27;/h1-13,26H,14-15H2;1H. The SMILES string of the molecule is Cl.O=C(CNCc1ccc(Cl)c(Cl)c1)N1c2ccccc2C=Cc2ccccc21. The molecule has 148 valence electrons. The number of hydrogen-bond donors (Lipinski definition) is 1. The number of fused-ring (bicyclic) bond motifs is 2. The fraction of sp³-hybridized carbons (Fsp3) is 0.0870. The Bertz CT molecular complexity index is 1020. The van der Waals surface area contributed by atoms with Crippen LogP contribution in [0.3, 0.4) is 0 Å². The monoisotopic (exact) mass is 444 g/mol. The third kappa shape index (κ3) is 4.65. The van der Waals surface area contributed by atoms with Crippen molar-refractivity contribution in [1.82, 2.24) is 5.32 Å². The third-order valence-corrected chi connectivity index (χ3v) is 5.38. The Kier molecular flexibility index (Phi) is 6.99. The van der Waals surface area contributed by atoms with Gasteiger partial charge < -0.3 is 5.32 Å². The topological polar surface area (TPSA) is 32.3 Å². The molecule has 0 fully saturated rings. The maximum absolute atomic E-state index is 13.2. The van der Waals surface area contributed by atoms with Gasteiger partial charge in [-0.05, 0) is 41.0 Å². The summed E-state index contributed by atoms with van der Waals surface area (Å²) in [5.74, 6) is -0.0244. The van der Waals surface area contributed by atoms with Crippen molar-refractivity contribution >= 4 is 65.0 Å². The van der Waals surface area contributed by atoms with Crippen LogP contribution in [0.1, 0.15) is 16.7 Å². The zero-order valence-electron chi connectivity index (χ0n) is 15.4. The number of nitrogens with zero attached hydrogens (tertiary/aromatic N) is 1. The van der Waals surface area contributed by atoms with Crippen LogP contribution in [0.15, 0.2) is 66.7 Å². The predicted octanol–water partition coefficient (Wildman–Crippen LogP) is 6.35. The van der Waals surface area contributed by atoms with Gasteiger partial charge >= 0.3 is 0 Å². The minimum Gasteiger partial charge on any atom is -0.304 e. The van der Waals surface area contributed by atoms with E-state index in [9.17, 15) is 4.79 Å². The van der Waals surface area contributed by atoms with E-state index < -0.39 is 0 Å². The Morgan fingerprint density at radius 2 is 1.41 bits per heavy atom. The molecule has 1 N–H and O–H groups in total. The number of anilines is 2. The first-order valence-electron chi connectivity index (χ1n) is 8.97. The summed E-state index contributed by atoms with van der Waals surface area (Å²) in [6.07, 6.45) is 4.09. The second kappa shape index (κ2) is 9.47. The van der Waals surface area contributed by atoms with E-state index in [1.165, 1.54) is 0 Å². The molecule has 0 radical (unpaired) electrons. The van der Waals surface area contributed by atoms with E-state index in [1.54, 1.807) is 11.0 Å². The Hall–Kier alpha value is -2.30. The normalized spacial score (nSPS) is 11.9. The molecule has 3 nitrogen and oxygen atoms in total. The zero-order valence-corrected chi connectivity index (χ0v) is 17.8. The molecule has 1 aliphatic heterocycles. The second-order valence-corrected chi connectivity index (χ2v) is 7.35. The fourth-order valence-electron chi connectivity index (χ4n) is 3.28. The van der Waals surface area contributed by atoms with Gasteiger partial charge in [0.25, 0.3) is 0 Å². The number of hydrogen-bond acceptors (Lipinski definition) is 2. The Labute approximate surface area is 186 Å². The molecular weight excluding hydrogens is 427 g/mol. The molecule has 0 saturated carbocycles. The van der Waals surface area contributed by atoms with E-state index in [0.29, 0.717) is 16.6 Å². The maximum Gasteiger partial charge on any atom is 0.245 e. The molecule has 1 aliphatic rings. The van der Waals surface area contributed by atoms with Crippen molar-refractivity contribution in [2.24, 2.45) is 0 Å². The van der Waals surface area contributed by atoms with Crippen molar-refractivity contribution in [3.05, 3.63) is 93.5 Å². The van der Waals surface area contributed by atoms with Gasteiger partial charge in [-0.3, -0.25) is 9.69 Å². The molecule has 6 heteroatoms. The summed E-state index contributed by atoms with van der Waals surface area (Å²) in [7, 11) is 0. The van der Waals surface area contributed by atoms with E-state index in [1.807, 2.05) is 72.8 Å². The van der Waals surface area contributed by atoms with Crippen molar-refractivity contribution < 1.29 is 4.79 Å². The number of para-hydroxylation sites is 2. The molecule has 0 spiro atoms. The molecule has 0 atom stereocenters. The molecule has 0 unspecified atom stereocenters. The highest BCUT2D eigenvalue weighted by Crippen LogP contribution is 2.36. The number of nitrogens with one attached hydrogen (secondary N) is 1. The van der Waals surface area contributed by atoms with Crippen LogP contribution in [-0.2, 0) is 11.3 Å². The quantitative estimate of drug-likeness (QED) is 0.507. The summed E-state index contributed by atoms with van der Waals surface area (Å²) in [6.45, 7) is 0.723. The number of carbonyl (C=O) groups excluding carboxylic acids is 1. The number of amides is 1.